The molecule has 1 heterocycles. The highest BCUT2D eigenvalue weighted by molar-refractivity contribution is 5.92. The zero-order chi connectivity index (χ0) is 19.0. The number of aromatic nitrogens is 2. The summed E-state index contributed by atoms with van der Waals surface area (Å²) in [6.45, 7) is 1.82. The fraction of sp³-hybridized carbons (Fsp3) is 0.476. The molecule has 6 heteroatoms. The van der Waals surface area contributed by atoms with E-state index >= 15 is 0 Å². The molecule has 6 nitrogen and oxygen atoms in total. The molecule has 2 atom stereocenters. The molecular weight excluding hydrogens is 340 g/mol. The summed E-state index contributed by atoms with van der Waals surface area (Å²) in [5.74, 6) is 0.429. The highest BCUT2D eigenvalue weighted by Gasteiger charge is 2.40. The average Bonchev–Trinajstić information content (AvgIpc) is 2.63. The normalized spacial score (nSPS) is 27.2. The second-order valence-corrected chi connectivity index (χ2v) is 7.93. The molecule has 2 aliphatic carbocycles. The first-order valence-corrected chi connectivity index (χ1v) is 9.76. The summed E-state index contributed by atoms with van der Waals surface area (Å²) in [5, 5.41) is 7.51. The standard InChI is InChI=1S/C21H26N4O2/c1-13-10-18(26)20(24-25(13)17-8-3-2-4-9-17)21(27)23-19-14-6-5-7-15(19)12-16(22)11-14/h2-4,8-10,14-16,19H,5-7,11-12,22H2,1H3,(H,23,27). The van der Waals surface area contributed by atoms with Crippen molar-refractivity contribution in [2.75, 3.05) is 0 Å². The number of carbonyl (C=O) groups excluding carboxylic acids is 1. The molecule has 2 bridgehead atoms. The Hall–Kier alpha value is -2.47. The van der Waals surface area contributed by atoms with Crippen LogP contribution in [0, 0.1) is 18.8 Å². The van der Waals surface area contributed by atoms with Gasteiger partial charge in [0.05, 0.1) is 5.69 Å². The minimum absolute atomic E-state index is 0.0441. The van der Waals surface area contributed by atoms with Gasteiger partial charge in [0, 0.05) is 23.8 Å². The number of hydrogen-bond acceptors (Lipinski definition) is 4. The smallest absolute Gasteiger partial charge is 0.276 e. The second kappa shape index (κ2) is 7.27. The Balaban J connectivity index is 1.61. The molecule has 3 N–H and O–H groups in total. The first-order chi connectivity index (χ1) is 13.0. The Morgan fingerprint density at radius 1 is 1.19 bits per heavy atom. The number of carbonyl (C=O) groups is 1. The van der Waals surface area contributed by atoms with E-state index in [1.807, 2.05) is 37.3 Å². The molecule has 0 saturated heterocycles. The molecule has 2 saturated carbocycles. The quantitative estimate of drug-likeness (QED) is 0.871. The molecule has 2 unspecified atom stereocenters. The van der Waals surface area contributed by atoms with Gasteiger partial charge in [0.1, 0.15) is 0 Å². The topological polar surface area (TPSA) is 90.0 Å². The van der Waals surface area contributed by atoms with Gasteiger partial charge in [-0.1, -0.05) is 24.6 Å². The number of hydrogen-bond donors (Lipinski definition) is 2. The van der Waals surface area contributed by atoms with Crippen LogP contribution in [0.3, 0.4) is 0 Å². The summed E-state index contributed by atoms with van der Waals surface area (Å²) in [6.07, 6.45) is 5.25. The van der Waals surface area contributed by atoms with Gasteiger partial charge < -0.3 is 11.1 Å². The van der Waals surface area contributed by atoms with Crippen molar-refractivity contribution < 1.29 is 4.79 Å². The summed E-state index contributed by atoms with van der Waals surface area (Å²) >= 11 is 0. The molecule has 4 rings (SSSR count). The molecule has 0 aliphatic heterocycles. The van der Waals surface area contributed by atoms with Crippen LogP contribution in [0.2, 0.25) is 0 Å². The number of nitrogens with two attached hydrogens (primary N) is 1. The van der Waals surface area contributed by atoms with Crippen LogP contribution in [0.25, 0.3) is 5.69 Å². The third-order valence-corrected chi connectivity index (χ3v) is 6.00. The number of nitrogens with one attached hydrogen (secondary N) is 1. The number of rotatable bonds is 3. The third-order valence-electron chi connectivity index (χ3n) is 6.00. The van der Waals surface area contributed by atoms with E-state index in [1.165, 1.54) is 12.5 Å². The van der Waals surface area contributed by atoms with Crippen LogP contribution >= 0.6 is 0 Å². The number of nitrogens with zero attached hydrogens (tertiary/aromatic N) is 2. The van der Waals surface area contributed by atoms with E-state index < -0.39 is 0 Å². The number of para-hydroxylation sites is 1. The van der Waals surface area contributed by atoms with Crippen molar-refractivity contribution in [3.63, 3.8) is 0 Å². The minimum Gasteiger partial charge on any atom is -0.347 e. The number of amides is 1. The SMILES string of the molecule is Cc1cc(=O)c(C(=O)NC2C3CCCC2CC(N)C3)nn1-c1ccccc1. The average molecular weight is 366 g/mol. The van der Waals surface area contributed by atoms with Crippen LogP contribution in [0.4, 0.5) is 0 Å². The third kappa shape index (κ3) is 3.54. The van der Waals surface area contributed by atoms with Crippen LogP contribution in [-0.4, -0.2) is 27.8 Å². The van der Waals surface area contributed by atoms with Crippen molar-refractivity contribution >= 4 is 5.91 Å². The predicted molar refractivity (Wildman–Crippen MR) is 104 cm³/mol. The van der Waals surface area contributed by atoms with Crippen molar-refractivity contribution in [3.05, 3.63) is 58.0 Å². The fourth-order valence-corrected chi connectivity index (χ4v) is 4.78. The zero-order valence-electron chi connectivity index (χ0n) is 15.6. The fourth-order valence-electron chi connectivity index (χ4n) is 4.78. The van der Waals surface area contributed by atoms with Gasteiger partial charge in [-0.2, -0.15) is 5.10 Å². The summed E-state index contributed by atoms with van der Waals surface area (Å²) < 4.78 is 1.65. The van der Waals surface area contributed by atoms with Crippen molar-refractivity contribution in [2.24, 2.45) is 17.6 Å². The van der Waals surface area contributed by atoms with Crippen LogP contribution in [0.5, 0.6) is 0 Å². The maximum atomic E-state index is 12.9. The Bertz CT molecular complexity index is 879. The molecule has 0 spiro atoms. The van der Waals surface area contributed by atoms with Crippen molar-refractivity contribution in [1.82, 2.24) is 15.1 Å². The molecule has 142 valence electrons. The number of aryl methyl sites for hydroxylation is 1. The van der Waals surface area contributed by atoms with Gasteiger partial charge in [-0.15, -0.1) is 0 Å². The summed E-state index contributed by atoms with van der Waals surface area (Å²) in [7, 11) is 0. The minimum atomic E-state index is -0.373. The van der Waals surface area contributed by atoms with Gasteiger partial charge in [-0.25, -0.2) is 4.68 Å². The molecule has 1 amide bonds. The molecule has 0 radical (unpaired) electrons. The largest absolute Gasteiger partial charge is 0.347 e. The van der Waals surface area contributed by atoms with Crippen LogP contribution < -0.4 is 16.5 Å². The van der Waals surface area contributed by atoms with Gasteiger partial charge >= 0.3 is 0 Å². The highest BCUT2D eigenvalue weighted by atomic mass is 16.2. The van der Waals surface area contributed by atoms with E-state index in [-0.39, 0.29) is 29.1 Å². The summed E-state index contributed by atoms with van der Waals surface area (Å²) in [6, 6.07) is 11.3. The van der Waals surface area contributed by atoms with E-state index in [2.05, 4.69) is 10.4 Å². The van der Waals surface area contributed by atoms with Gasteiger partial charge in [-0.3, -0.25) is 9.59 Å². The molecular formula is C21H26N4O2. The zero-order valence-corrected chi connectivity index (χ0v) is 15.6. The van der Waals surface area contributed by atoms with Crippen LogP contribution in [0.15, 0.2) is 41.2 Å². The van der Waals surface area contributed by atoms with E-state index in [1.54, 1.807) is 4.68 Å². The Kier molecular flexibility index (Phi) is 4.83. The van der Waals surface area contributed by atoms with Gasteiger partial charge in [0.2, 0.25) is 5.43 Å². The first-order valence-electron chi connectivity index (χ1n) is 9.76. The molecule has 27 heavy (non-hydrogen) atoms. The Labute approximate surface area is 158 Å². The molecule has 2 aliphatic rings. The van der Waals surface area contributed by atoms with E-state index in [0.29, 0.717) is 17.5 Å². The lowest BCUT2D eigenvalue weighted by Gasteiger charge is -2.45. The highest BCUT2D eigenvalue weighted by Crippen LogP contribution is 2.39. The van der Waals surface area contributed by atoms with Crippen molar-refractivity contribution in [2.45, 2.75) is 51.1 Å². The lowest BCUT2D eigenvalue weighted by molar-refractivity contribution is 0.0749. The number of benzene rings is 1. The van der Waals surface area contributed by atoms with Crippen molar-refractivity contribution in [3.8, 4) is 5.69 Å². The molecule has 2 aromatic rings. The lowest BCUT2D eigenvalue weighted by Crippen LogP contribution is -2.54. The maximum absolute atomic E-state index is 12.9. The first kappa shape index (κ1) is 17.9. The van der Waals surface area contributed by atoms with E-state index in [4.69, 9.17) is 5.73 Å². The van der Waals surface area contributed by atoms with Crippen molar-refractivity contribution in [1.29, 1.82) is 0 Å². The Morgan fingerprint density at radius 3 is 2.52 bits per heavy atom. The molecule has 1 aromatic carbocycles. The van der Waals surface area contributed by atoms with Gasteiger partial charge in [-0.05, 0) is 56.6 Å². The maximum Gasteiger partial charge on any atom is 0.276 e. The number of fused-ring (bicyclic) bond motifs is 2. The lowest BCUT2D eigenvalue weighted by atomic mass is 9.67. The Morgan fingerprint density at radius 2 is 1.85 bits per heavy atom. The summed E-state index contributed by atoms with van der Waals surface area (Å²) in [4.78, 5) is 25.4. The van der Waals surface area contributed by atoms with Crippen LogP contribution in [0.1, 0.15) is 48.3 Å². The second-order valence-electron chi connectivity index (χ2n) is 7.93. The molecule has 1 aromatic heterocycles. The van der Waals surface area contributed by atoms with Crippen LogP contribution in [-0.2, 0) is 0 Å². The van der Waals surface area contributed by atoms with E-state index in [9.17, 15) is 9.59 Å². The molecule has 2 fully saturated rings. The summed E-state index contributed by atoms with van der Waals surface area (Å²) in [5.41, 5.74) is 7.31. The van der Waals surface area contributed by atoms with Gasteiger partial charge in [0.15, 0.2) is 5.69 Å². The predicted octanol–water partition coefficient (Wildman–Crippen LogP) is 2.18. The van der Waals surface area contributed by atoms with E-state index in [0.717, 1.165) is 31.4 Å². The monoisotopic (exact) mass is 366 g/mol. The van der Waals surface area contributed by atoms with Gasteiger partial charge in [0.25, 0.3) is 5.91 Å².